The standard InChI is InChI=1S/C4H6.C3H2O2.In/c1-3-4-2;1-2-3(4)5;/h3-4H,1-2H2;1H,(H,4,5);/q;;+1/p-1. The number of carbonyl (C=O) groups is 1. The molecule has 0 radical (unpaired) electrons. The van der Waals surface area contributed by atoms with Crippen molar-refractivity contribution in [1.82, 2.24) is 0 Å². The molecule has 0 N–H and O–H groups in total. The Morgan fingerprint density at radius 1 is 1.60 bits per heavy atom. The third-order valence-electron chi connectivity index (χ3n) is 1.36. The minimum atomic E-state index is -1.90. The molecule has 1 aliphatic heterocycles. The summed E-state index contributed by atoms with van der Waals surface area (Å²) in [7, 11) is 0. The summed E-state index contributed by atoms with van der Waals surface area (Å²) in [5, 5.41) is 0. The van der Waals surface area contributed by atoms with Gasteiger partial charge in [-0.05, 0) is 0 Å². The molecule has 3 heteroatoms. The molecule has 0 saturated carbocycles. The molecule has 2 nitrogen and oxygen atoms in total. The van der Waals surface area contributed by atoms with E-state index < -0.39 is 27.8 Å². The van der Waals surface area contributed by atoms with Crippen LogP contribution in [0.2, 0.25) is 8.35 Å². The Hall–Kier alpha value is -0.360. The molecule has 1 aliphatic rings. The molecule has 0 fully saturated rings. The second kappa shape index (κ2) is 3.72. The van der Waals surface area contributed by atoms with Crippen LogP contribution in [0, 0.1) is 12.3 Å². The van der Waals surface area contributed by atoms with Crippen LogP contribution in [0.3, 0.4) is 0 Å². The summed E-state index contributed by atoms with van der Waals surface area (Å²) in [6.45, 7) is 0. The van der Waals surface area contributed by atoms with Crippen molar-refractivity contribution in [3.63, 3.8) is 0 Å². The molecule has 10 heavy (non-hydrogen) atoms. The fourth-order valence-corrected chi connectivity index (χ4v) is 5.86. The van der Waals surface area contributed by atoms with Gasteiger partial charge < -0.3 is 0 Å². The van der Waals surface area contributed by atoms with Crippen molar-refractivity contribution in [3.05, 3.63) is 12.2 Å². The number of allylic oxidation sites excluding steroid dienone is 2. The summed E-state index contributed by atoms with van der Waals surface area (Å²) in [4.78, 5) is 10.5. The molecule has 0 unspecified atom stereocenters. The van der Waals surface area contributed by atoms with Gasteiger partial charge in [0.2, 0.25) is 0 Å². The molecule has 0 aromatic rings. The number of hydrogen-bond acceptors (Lipinski definition) is 2. The average Bonchev–Trinajstić information content (AvgIpc) is 2.40. The molecule has 1 rings (SSSR count). The van der Waals surface area contributed by atoms with Crippen LogP contribution in [0.1, 0.15) is 0 Å². The Bertz CT molecular complexity index is 194. The van der Waals surface area contributed by atoms with Gasteiger partial charge in [0.1, 0.15) is 0 Å². The molecule has 50 valence electrons. The number of terminal acetylenes is 1. The van der Waals surface area contributed by atoms with E-state index in [0.717, 1.165) is 8.35 Å². The van der Waals surface area contributed by atoms with Crippen LogP contribution in [-0.4, -0.2) is 27.8 Å². The van der Waals surface area contributed by atoms with E-state index in [1.165, 1.54) is 0 Å². The average molecular weight is 238 g/mol. The van der Waals surface area contributed by atoms with Gasteiger partial charge >= 0.3 is 68.3 Å². The van der Waals surface area contributed by atoms with Gasteiger partial charge in [0.15, 0.2) is 0 Å². The van der Waals surface area contributed by atoms with E-state index in [0.29, 0.717) is 0 Å². The van der Waals surface area contributed by atoms with Crippen LogP contribution >= 0.6 is 0 Å². The zero-order valence-electron chi connectivity index (χ0n) is 5.54. The zero-order chi connectivity index (χ0) is 7.40. The van der Waals surface area contributed by atoms with Crippen LogP contribution in [0.4, 0.5) is 0 Å². The van der Waals surface area contributed by atoms with Crippen LogP contribution < -0.4 is 0 Å². The maximum absolute atomic E-state index is 10.5. The molecule has 0 aromatic heterocycles. The monoisotopic (exact) mass is 238 g/mol. The van der Waals surface area contributed by atoms with Crippen molar-refractivity contribution in [2.75, 3.05) is 0 Å². The molecule has 0 spiro atoms. The minimum absolute atomic E-state index is 0.468. The Morgan fingerprint density at radius 2 is 2.20 bits per heavy atom. The molecular formula is C7H7InO2. The number of carbonyl (C=O) groups excluding carboxylic acids is 1. The SMILES string of the molecule is C#CC(=O)[O][In]1[CH2]C=C[CH2]1. The predicted octanol–water partition coefficient (Wildman–Crippen LogP) is 0.724. The van der Waals surface area contributed by atoms with Crippen molar-refractivity contribution >= 4 is 27.8 Å². The summed E-state index contributed by atoms with van der Waals surface area (Å²) < 4.78 is 7.05. The van der Waals surface area contributed by atoms with Gasteiger partial charge in [-0.2, -0.15) is 0 Å². The summed E-state index contributed by atoms with van der Waals surface area (Å²) in [5.74, 6) is 1.49. The van der Waals surface area contributed by atoms with E-state index in [4.69, 9.17) is 9.28 Å². The normalized spacial score (nSPS) is 14.9. The van der Waals surface area contributed by atoms with E-state index in [-0.39, 0.29) is 0 Å². The van der Waals surface area contributed by atoms with Gasteiger partial charge in [-0.1, -0.05) is 0 Å². The van der Waals surface area contributed by atoms with Crippen molar-refractivity contribution in [1.29, 1.82) is 0 Å². The van der Waals surface area contributed by atoms with Gasteiger partial charge in [-0.3, -0.25) is 0 Å². The molecule has 1 heterocycles. The Labute approximate surface area is 68.4 Å². The summed E-state index contributed by atoms with van der Waals surface area (Å²) >= 11 is -1.90. The van der Waals surface area contributed by atoms with Gasteiger partial charge in [-0.25, -0.2) is 0 Å². The fourth-order valence-electron chi connectivity index (χ4n) is 0.874. The van der Waals surface area contributed by atoms with E-state index >= 15 is 0 Å². The second-order valence-corrected chi connectivity index (χ2v) is 9.03. The first kappa shape index (κ1) is 7.74. The topological polar surface area (TPSA) is 26.3 Å². The second-order valence-electron chi connectivity index (χ2n) is 2.11. The molecule has 0 aromatic carbocycles. The number of rotatable bonds is 1. The molecule has 0 aliphatic carbocycles. The Balaban J connectivity index is 2.28. The molecule has 0 atom stereocenters. The third kappa shape index (κ3) is 2.11. The Kier molecular flexibility index (Phi) is 2.88. The predicted molar refractivity (Wildman–Crippen MR) is 39.4 cm³/mol. The van der Waals surface area contributed by atoms with Gasteiger partial charge in [0.05, 0.1) is 0 Å². The first-order chi connectivity index (χ1) is 4.83. The molecular weight excluding hydrogens is 231 g/mol. The zero-order valence-corrected chi connectivity index (χ0v) is 8.84. The summed E-state index contributed by atoms with van der Waals surface area (Å²) in [6, 6.07) is 0. The molecule has 0 amide bonds. The Morgan fingerprint density at radius 3 is 2.70 bits per heavy atom. The first-order valence-corrected chi connectivity index (χ1v) is 9.16. The van der Waals surface area contributed by atoms with Crippen molar-refractivity contribution in [3.8, 4) is 12.3 Å². The van der Waals surface area contributed by atoms with Gasteiger partial charge in [-0.15, -0.1) is 0 Å². The maximum atomic E-state index is 10.5. The summed E-state index contributed by atoms with van der Waals surface area (Å²) in [6.07, 6.45) is 8.99. The van der Waals surface area contributed by atoms with Crippen molar-refractivity contribution in [2.24, 2.45) is 0 Å². The van der Waals surface area contributed by atoms with Crippen molar-refractivity contribution < 1.29 is 7.65 Å². The molecule has 0 bridgehead atoms. The van der Waals surface area contributed by atoms with E-state index in [2.05, 4.69) is 12.2 Å². The van der Waals surface area contributed by atoms with Crippen LogP contribution in [-0.2, 0) is 7.65 Å². The van der Waals surface area contributed by atoms with Gasteiger partial charge in [0.25, 0.3) is 0 Å². The van der Waals surface area contributed by atoms with Crippen LogP contribution in [0.5, 0.6) is 0 Å². The first-order valence-electron chi connectivity index (χ1n) is 3.15. The van der Waals surface area contributed by atoms with E-state index in [1.54, 1.807) is 0 Å². The fraction of sp³-hybridized carbons (Fsp3) is 0.286. The van der Waals surface area contributed by atoms with Crippen LogP contribution in [0.25, 0.3) is 0 Å². The molecule has 0 saturated heterocycles. The third-order valence-corrected chi connectivity index (χ3v) is 7.47. The quantitative estimate of drug-likeness (QED) is 0.497. The van der Waals surface area contributed by atoms with Gasteiger partial charge in [0, 0.05) is 0 Å². The van der Waals surface area contributed by atoms with Crippen LogP contribution in [0.15, 0.2) is 12.2 Å². The number of hydrogen-bond donors (Lipinski definition) is 0. The van der Waals surface area contributed by atoms with Crippen molar-refractivity contribution in [2.45, 2.75) is 8.35 Å². The van der Waals surface area contributed by atoms with E-state index in [1.807, 2.05) is 5.92 Å². The van der Waals surface area contributed by atoms with E-state index in [9.17, 15) is 4.79 Å². The summed E-state index contributed by atoms with van der Waals surface area (Å²) in [5.41, 5.74) is 0.